The fourth-order valence-electron chi connectivity index (χ4n) is 3.14. The van der Waals surface area contributed by atoms with Crippen molar-refractivity contribution in [2.75, 3.05) is 0 Å². The van der Waals surface area contributed by atoms with Gasteiger partial charge < -0.3 is 5.11 Å². The van der Waals surface area contributed by atoms with Gasteiger partial charge in [-0.3, -0.25) is 14.2 Å². The van der Waals surface area contributed by atoms with Crippen LogP contribution in [0.5, 0.6) is 0 Å². The Bertz CT molecular complexity index is 1170. The molecule has 0 fully saturated rings. The van der Waals surface area contributed by atoms with Gasteiger partial charge in [-0.05, 0) is 37.6 Å². The average molecular weight is 366 g/mol. The van der Waals surface area contributed by atoms with E-state index in [1.165, 1.54) is 19.1 Å². The van der Waals surface area contributed by atoms with Crippen LogP contribution in [0.1, 0.15) is 36.7 Å². The number of rotatable bonds is 5. The van der Waals surface area contributed by atoms with Crippen molar-refractivity contribution < 1.29 is 14.7 Å². The predicted molar refractivity (Wildman–Crippen MR) is 101 cm³/mol. The van der Waals surface area contributed by atoms with Crippen molar-refractivity contribution in [1.29, 1.82) is 0 Å². The van der Waals surface area contributed by atoms with Crippen LogP contribution in [0, 0.1) is 0 Å². The third-order valence-electron chi connectivity index (χ3n) is 4.49. The molecule has 1 atom stereocenters. The molecule has 0 aliphatic carbocycles. The molecule has 0 bridgehead atoms. The van der Waals surface area contributed by atoms with Crippen molar-refractivity contribution >= 4 is 22.7 Å². The summed E-state index contributed by atoms with van der Waals surface area (Å²) in [7, 11) is 0. The van der Waals surface area contributed by atoms with Crippen LogP contribution in [0.25, 0.3) is 16.6 Å². The van der Waals surface area contributed by atoms with Gasteiger partial charge in [0.2, 0.25) is 0 Å². The zero-order valence-electron chi connectivity index (χ0n) is 14.9. The first-order valence-corrected chi connectivity index (χ1v) is 8.47. The minimum Gasteiger partial charge on any atom is -0.480 e. The normalized spacial score (nSPS) is 12.1. The summed E-state index contributed by atoms with van der Waals surface area (Å²) in [5.41, 5.74) is -0.483. The molecule has 2 aromatic carbocycles. The van der Waals surface area contributed by atoms with Gasteiger partial charge in [-0.2, -0.15) is 0 Å². The third kappa shape index (κ3) is 3.08. The molecule has 27 heavy (non-hydrogen) atoms. The van der Waals surface area contributed by atoms with E-state index in [9.17, 15) is 24.3 Å². The number of nitrogens with zero attached hydrogens (tertiary/aromatic N) is 2. The molecule has 1 N–H and O–H groups in total. The molecule has 3 rings (SSSR count). The van der Waals surface area contributed by atoms with Gasteiger partial charge in [0, 0.05) is 5.56 Å². The Morgan fingerprint density at radius 1 is 1.07 bits per heavy atom. The molecule has 7 nitrogen and oxygen atoms in total. The van der Waals surface area contributed by atoms with Crippen LogP contribution in [0.3, 0.4) is 0 Å². The van der Waals surface area contributed by atoms with Crippen LogP contribution < -0.4 is 11.2 Å². The van der Waals surface area contributed by atoms with Crippen molar-refractivity contribution in [3.8, 4) is 5.69 Å². The van der Waals surface area contributed by atoms with Gasteiger partial charge in [-0.15, -0.1) is 0 Å². The van der Waals surface area contributed by atoms with Crippen LogP contribution in [-0.4, -0.2) is 26.0 Å². The largest absolute Gasteiger partial charge is 0.480 e. The van der Waals surface area contributed by atoms with Crippen molar-refractivity contribution in [2.24, 2.45) is 0 Å². The highest BCUT2D eigenvalue weighted by atomic mass is 16.4. The standard InChI is InChI=1S/C20H18N2O5/c1-3-16(19(25)26)22-17-10-5-4-9-15(17)18(24)21(20(22)27)14-8-6-7-13(11-14)12(2)23/h4-11,16H,3H2,1-2H3,(H,25,26). The number of Topliss-reactive ketones (excluding diaryl/α,β-unsaturated/α-hetero) is 1. The zero-order chi connectivity index (χ0) is 19.7. The maximum Gasteiger partial charge on any atom is 0.336 e. The fraction of sp³-hybridized carbons (Fsp3) is 0.200. The lowest BCUT2D eigenvalue weighted by Gasteiger charge is -2.19. The lowest BCUT2D eigenvalue weighted by atomic mass is 10.1. The molecule has 0 radical (unpaired) electrons. The highest BCUT2D eigenvalue weighted by Crippen LogP contribution is 2.18. The van der Waals surface area contributed by atoms with E-state index in [-0.39, 0.29) is 28.8 Å². The summed E-state index contributed by atoms with van der Waals surface area (Å²) < 4.78 is 2.04. The smallest absolute Gasteiger partial charge is 0.336 e. The molecule has 1 heterocycles. The van der Waals surface area contributed by atoms with Gasteiger partial charge in [-0.1, -0.05) is 31.2 Å². The van der Waals surface area contributed by atoms with Gasteiger partial charge in [0.1, 0.15) is 6.04 Å². The lowest BCUT2D eigenvalue weighted by molar-refractivity contribution is -0.141. The summed E-state index contributed by atoms with van der Waals surface area (Å²) in [6, 6.07) is 11.4. The van der Waals surface area contributed by atoms with E-state index in [2.05, 4.69) is 0 Å². The third-order valence-corrected chi connectivity index (χ3v) is 4.49. The van der Waals surface area contributed by atoms with Crippen LogP contribution in [0.15, 0.2) is 58.1 Å². The number of hydrogen-bond donors (Lipinski definition) is 1. The summed E-state index contributed by atoms with van der Waals surface area (Å²) in [4.78, 5) is 49.5. The number of hydrogen-bond acceptors (Lipinski definition) is 4. The van der Waals surface area contributed by atoms with Gasteiger partial charge >= 0.3 is 11.7 Å². The Morgan fingerprint density at radius 3 is 2.41 bits per heavy atom. The summed E-state index contributed by atoms with van der Waals surface area (Å²) >= 11 is 0. The number of ketones is 1. The van der Waals surface area contributed by atoms with Crippen molar-refractivity contribution in [1.82, 2.24) is 9.13 Å². The van der Waals surface area contributed by atoms with Crippen LogP contribution >= 0.6 is 0 Å². The number of carboxylic acid groups (broad SMARTS) is 1. The number of aliphatic carboxylic acids is 1. The second-order valence-corrected chi connectivity index (χ2v) is 6.18. The Balaban J connectivity index is 2.47. The second kappa shape index (κ2) is 7.03. The number of benzene rings is 2. The molecule has 7 heteroatoms. The van der Waals surface area contributed by atoms with E-state index in [1.807, 2.05) is 0 Å². The molecule has 0 spiro atoms. The quantitative estimate of drug-likeness (QED) is 0.699. The molecular weight excluding hydrogens is 348 g/mol. The SMILES string of the molecule is CCC(C(=O)O)n1c(=O)n(-c2cccc(C(C)=O)c2)c(=O)c2ccccc21. The summed E-state index contributed by atoms with van der Waals surface area (Å²) in [5, 5.41) is 9.79. The first-order valence-electron chi connectivity index (χ1n) is 8.47. The van der Waals surface area contributed by atoms with Crippen LogP contribution in [0.2, 0.25) is 0 Å². The molecule has 1 aromatic heterocycles. The monoisotopic (exact) mass is 366 g/mol. The minimum absolute atomic E-state index is 0.172. The van der Waals surface area contributed by atoms with Gasteiger partial charge in [-0.25, -0.2) is 14.2 Å². The maximum absolute atomic E-state index is 13.2. The maximum atomic E-state index is 13.2. The first-order chi connectivity index (χ1) is 12.9. The zero-order valence-corrected chi connectivity index (χ0v) is 14.9. The van der Waals surface area contributed by atoms with E-state index in [1.54, 1.807) is 43.3 Å². The topological polar surface area (TPSA) is 98.4 Å². The summed E-state index contributed by atoms with van der Waals surface area (Å²) in [6.07, 6.45) is 0.172. The predicted octanol–water partition coefficient (Wildman–Crippen LogP) is 2.39. The van der Waals surface area contributed by atoms with Crippen LogP contribution in [0.4, 0.5) is 0 Å². The number of carboxylic acids is 1. The molecule has 0 amide bonds. The summed E-state index contributed by atoms with van der Waals surface area (Å²) in [6.45, 7) is 3.05. The lowest BCUT2D eigenvalue weighted by Crippen LogP contribution is -2.42. The van der Waals surface area contributed by atoms with E-state index >= 15 is 0 Å². The molecule has 0 saturated heterocycles. The Kier molecular flexibility index (Phi) is 4.77. The summed E-state index contributed by atoms with van der Waals surface area (Å²) in [5.74, 6) is -1.37. The number of fused-ring (bicyclic) bond motifs is 1. The molecule has 0 aliphatic rings. The number of carbonyl (C=O) groups excluding carboxylic acids is 1. The van der Waals surface area contributed by atoms with E-state index in [0.29, 0.717) is 5.56 Å². The van der Waals surface area contributed by atoms with Crippen molar-refractivity contribution in [3.63, 3.8) is 0 Å². The second-order valence-electron chi connectivity index (χ2n) is 6.18. The fourth-order valence-corrected chi connectivity index (χ4v) is 3.14. The van der Waals surface area contributed by atoms with Gasteiger partial charge in [0.15, 0.2) is 5.78 Å². The molecule has 3 aromatic rings. The van der Waals surface area contributed by atoms with Gasteiger partial charge in [0.25, 0.3) is 5.56 Å². The van der Waals surface area contributed by atoms with Crippen molar-refractivity contribution in [2.45, 2.75) is 26.3 Å². The highest BCUT2D eigenvalue weighted by molar-refractivity contribution is 5.94. The van der Waals surface area contributed by atoms with E-state index in [0.717, 1.165) is 9.13 Å². The Labute approximate surface area is 154 Å². The van der Waals surface area contributed by atoms with E-state index < -0.39 is 23.3 Å². The molecule has 0 saturated carbocycles. The minimum atomic E-state index is -1.16. The van der Waals surface area contributed by atoms with Crippen LogP contribution in [-0.2, 0) is 4.79 Å². The molecule has 138 valence electrons. The van der Waals surface area contributed by atoms with Crippen molar-refractivity contribution in [3.05, 3.63) is 74.9 Å². The average Bonchev–Trinajstić information content (AvgIpc) is 2.65. The molecule has 0 aliphatic heterocycles. The number of aromatic nitrogens is 2. The highest BCUT2D eigenvalue weighted by Gasteiger charge is 2.24. The number of para-hydroxylation sites is 1. The van der Waals surface area contributed by atoms with Gasteiger partial charge in [0.05, 0.1) is 16.6 Å². The first kappa shape index (κ1) is 18.3. The van der Waals surface area contributed by atoms with E-state index in [4.69, 9.17) is 0 Å². The number of carbonyl (C=O) groups is 2. The molecular formula is C20H18N2O5. The Morgan fingerprint density at radius 2 is 1.78 bits per heavy atom. The molecule has 1 unspecified atom stereocenters. The Hall–Kier alpha value is -3.48.